The predicted octanol–water partition coefficient (Wildman–Crippen LogP) is 3.22. The molecule has 1 aromatic rings. The second-order valence-electron chi connectivity index (χ2n) is 6.12. The Morgan fingerprint density at radius 3 is 2.30 bits per heavy atom. The van der Waals surface area contributed by atoms with E-state index in [0.29, 0.717) is 18.4 Å². The number of aliphatic hydroxyl groups excluding tert-OH is 1. The van der Waals surface area contributed by atoms with Gasteiger partial charge in [-0.05, 0) is 36.0 Å². The molecule has 0 aliphatic rings. The lowest BCUT2D eigenvalue weighted by Crippen LogP contribution is -2.30. The normalized spacial score (nSPS) is 12.9. The number of hydrogen-bond donors (Lipinski definition) is 2. The van der Waals surface area contributed by atoms with Crippen LogP contribution in [0.4, 0.5) is 0 Å². The minimum absolute atomic E-state index is 0.284. The molecule has 20 heavy (non-hydrogen) atoms. The smallest absolute Gasteiger partial charge is 0.119 e. The molecule has 0 fully saturated rings. The van der Waals surface area contributed by atoms with Gasteiger partial charge < -0.3 is 15.2 Å². The van der Waals surface area contributed by atoms with E-state index in [2.05, 4.69) is 31.3 Å². The van der Waals surface area contributed by atoms with Gasteiger partial charge in [-0.25, -0.2) is 0 Å². The fourth-order valence-corrected chi connectivity index (χ4v) is 1.72. The van der Waals surface area contributed by atoms with Gasteiger partial charge in [-0.3, -0.25) is 0 Å². The molecule has 0 amide bonds. The van der Waals surface area contributed by atoms with E-state index in [0.717, 1.165) is 25.3 Å². The lowest BCUT2D eigenvalue weighted by molar-refractivity contribution is 0.123. The highest BCUT2D eigenvalue weighted by Crippen LogP contribution is 2.13. The molecule has 1 aromatic carbocycles. The van der Waals surface area contributed by atoms with Crippen LogP contribution in [0.15, 0.2) is 24.3 Å². The van der Waals surface area contributed by atoms with E-state index in [4.69, 9.17) is 4.74 Å². The Hall–Kier alpha value is -1.06. The summed E-state index contributed by atoms with van der Waals surface area (Å²) < 4.78 is 5.69. The van der Waals surface area contributed by atoms with Gasteiger partial charge in [0.25, 0.3) is 0 Å². The molecule has 0 aliphatic heterocycles. The number of aliphatic hydroxyl groups is 1. The summed E-state index contributed by atoms with van der Waals surface area (Å²) in [6, 6.07) is 8.16. The largest absolute Gasteiger partial charge is 0.494 e. The number of rotatable bonds is 9. The standard InChI is InChI=1S/C17H29NO2/c1-13(2)9-10-20-16-7-5-15(6-8-16)11-18-12-17(19)14(3)4/h5-8,13-14,17-19H,9-12H2,1-4H3. The maximum absolute atomic E-state index is 9.71. The van der Waals surface area contributed by atoms with Crippen molar-refractivity contribution < 1.29 is 9.84 Å². The Labute approximate surface area is 123 Å². The maximum atomic E-state index is 9.71. The lowest BCUT2D eigenvalue weighted by atomic mass is 10.1. The third kappa shape index (κ3) is 6.92. The van der Waals surface area contributed by atoms with Crippen molar-refractivity contribution in [2.45, 2.75) is 46.8 Å². The first kappa shape index (κ1) is 17.0. The Bertz CT molecular complexity index is 360. The second-order valence-corrected chi connectivity index (χ2v) is 6.12. The van der Waals surface area contributed by atoms with Crippen molar-refractivity contribution in [2.75, 3.05) is 13.2 Å². The highest BCUT2D eigenvalue weighted by Gasteiger charge is 2.07. The van der Waals surface area contributed by atoms with Crippen LogP contribution in [-0.4, -0.2) is 24.4 Å². The van der Waals surface area contributed by atoms with E-state index in [1.807, 2.05) is 26.0 Å². The average molecular weight is 279 g/mol. The van der Waals surface area contributed by atoms with Crippen molar-refractivity contribution in [3.63, 3.8) is 0 Å². The summed E-state index contributed by atoms with van der Waals surface area (Å²) >= 11 is 0. The van der Waals surface area contributed by atoms with Gasteiger partial charge in [0.2, 0.25) is 0 Å². The SMILES string of the molecule is CC(C)CCOc1ccc(CNCC(O)C(C)C)cc1. The van der Waals surface area contributed by atoms with Crippen molar-refractivity contribution in [1.82, 2.24) is 5.32 Å². The molecule has 2 N–H and O–H groups in total. The summed E-state index contributed by atoms with van der Waals surface area (Å²) in [5, 5.41) is 13.0. The first-order valence-corrected chi connectivity index (χ1v) is 7.59. The quantitative estimate of drug-likeness (QED) is 0.729. The Morgan fingerprint density at radius 2 is 1.75 bits per heavy atom. The average Bonchev–Trinajstić information content (AvgIpc) is 2.40. The zero-order valence-corrected chi connectivity index (χ0v) is 13.2. The minimum atomic E-state index is -0.284. The molecular formula is C17H29NO2. The number of hydrogen-bond acceptors (Lipinski definition) is 3. The van der Waals surface area contributed by atoms with Gasteiger partial charge in [0, 0.05) is 13.1 Å². The van der Waals surface area contributed by atoms with Gasteiger partial charge in [0.15, 0.2) is 0 Å². The number of benzene rings is 1. The van der Waals surface area contributed by atoms with Crippen molar-refractivity contribution in [3.05, 3.63) is 29.8 Å². The molecule has 3 heteroatoms. The van der Waals surface area contributed by atoms with Crippen LogP contribution in [0, 0.1) is 11.8 Å². The Morgan fingerprint density at radius 1 is 1.10 bits per heavy atom. The van der Waals surface area contributed by atoms with Gasteiger partial charge >= 0.3 is 0 Å². The van der Waals surface area contributed by atoms with Crippen molar-refractivity contribution in [3.8, 4) is 5.75 Å². The zero-order valence-electron chi connectivity index (χ0n) is 13.2. The summed E-state index contributed by atoms with van der Waals surface area (Å²) in [4.78, 5) is 0. The highest BCUT2D eigenvalue weighted by molar-refractivity contribution is 5.27. The molecule has 0 heterocycles. The van der Waals surface area contributed by atoms with E-state index in [9.17, 15) is 5.11 Å². The van der Waals surface area contributed by atoms with Gasteiger partial charge in [-0.15, -0.1) is 0 Å². The summed E-state index contributed by atoms with van der Waals surface area (Å²) in [5.41, 5.74) is 1.21. The van der Waals surface area contributed by atoms with E-state index in [1.165, 1.54) is 5.56 Å². The van der Waals surface area contributed by atoms with Crippen LogP contribution in [0.3, 0.4) is 0 Å². The van der Waals surface area contributed by atoms with E-state index in [-0.39, 0.29) is 6.10 Å². The van der Waals surface area contributed by atoms with Gasteiger partial charge in [0.05, 0.1) is 12.7 Å². The van der Waals surface area contributed by atoms with E-state index < -0.39 is 0 Å². The summed E-state index contributed by atoms with van der Waals surface area (Å²) in [6.07, 6.45) is 0.796. The van der Waals surface area contributed by atoms with Crippen molar-refractivity contribution >= 4 is 0 Å². The molecule has 3 nitrogen and oxygen atoms in total. The monoisotopic (exact) mass is 279 g/mol. The van der Waals surface area contributed by atoms with Crippen LogP contribution in [0.1, 0.15) is 39.7 Å². The van der Waals surface area contributed by atoms with Crippen LogP contribution < -0.4 is 10.1 Å². The predicted molar refractivity (Wildman–Crippen MR) is 83.9 cm³/mol. The van der Waals surface area contributed by atoms with Crippen LogP contribution in [0.25, 0.3) is 0 Å². The van der Waals surface area contributed by atoms with Gasteiger partial charge in [-0.2, -0.15) is 0 Å². The molecule has 0 saturated carbocycles. The first-order valence-electron chi connectivity index (χ1n) is 7.59. The molecular weight excluding hydrogens is 250 g/mol. The highest BCUT2D eigenvalue weighted by atomic mass is 16.5. The van der Waals surface area contributed by atoms with Crippen molar-refractivity contribution in [2.24, 2.45) is 11.8 Å². The topological polar surface area (TPSA) is 41.5 Å². The van der Waals surface area contributed by atoms with Gasteiger partial charge in [-0.1, -0.05) is 39.8 Å². The fraction of sp³-hybridized carbons (Fsp3) is 0.647. The number of nitrogens with one attached hydrogen (secondary N) is 1. The molecule has 114 valence electrons. The van der Waals surface area contributed by atoms with Crippen LogP contribution >= 0.6 is 0 Å². The van der Waals surface area contributed by atoms with Crippen molar-refractivity contribution in [1.29, 1.82) is 0 Å². The molecule has 0 spiro atoms. The van der Waals surface area contributed by atoms with E-state index in [1.54, 1.807) is 0 Å². The zero-order chi connectivity index (χ0) is 15.0. The van der Waals surface area contributed by atoms with Gasteiger partial charge in [0.1, 0.15) is 5.75 Å². The molecule has 1 unspecified atom stereocenters. The lowest BCUT2D eigenvalue weighted by Gasteiger charge is -2.15. The minimum Gasteiger partial charge on any atom is -0.494 e. The molecule has 1 rings (SSSR count). The molecule has 1 atom stereocenters. The first-order chi connectivity index (χ1) is 9.49. The summed E-state index contributed by atoms with van der Waals surface area (Å²) in [6.45, 7) is 10.6. The molecule has 0 aromatic heterocycles. The third-order valence-electron chi connectivity index (χ3n) is 3.34. The number of ether oxygens (including phenoxy) is 1. The molecule has 0 saturated heterocycles. The fourth-order valence-electron chi connectivity index (χ4n) is 1.72. The Kier molecular flexibility index (Phi) is 7.63. The Balaban J connectivity index is 2.28. The van der Waals surface area contributed by atoms with E-state index >= 15 is 0 Å². The van der Waals surface area contributed by atoms with Crippen LogP contribution in [0.2, 0.25) is 0 Å². The summed E-state index contributed by atoms with van der Waals surface area (Å²) in [7, 11) is 0. The molecule has 0 radical (unpaired) electrons. The second kappa shape index (κ2) is 8.98. The van der Waals surface area contributed by atoms with Crippen LogP contribution in [-0.2, 0) is 6.54 Å². The maximum Gasteiger partial charge on any atom is 0.119 e. The third-order valence-corrected chi connectivity index (χ3v) is 3.34. The van der Waals surface area contributed by atoms with Crippen LogP contribution in [0.5, 0.6) is 5.75 Å². The molecule has 0 bridgehead atoms. The summed E-state index contributed by atoms with van der Waals surface area (Å²) in [5.74, 6) is 1.89. The molecule has 0 aliphatic carbocycles.